The van der Waals surface area contributed by atoms with E-state index in [1.54, 1.807) is 4.68 Å². The summed E-state index contributed by atoms with van der Waals surface area (Å²) in [5.41, 5.74) is 2.86. The molecule has 0 aliphatic heterocycles. The van der Waals surface area contributed by atoms with E-state index in [0.717, 1.165) is 34.5 Å². The fourth-order valence-electron chi connectivity index (χ4n) is 3.23. The zero-order chi connectivity index (χ0) is 19.3. The fourth-order valence-corrected chi connectivity index (χ4v) is 3.88. The van der Waals surface area contributed by atoms with Crippen molar-refractivity contribution in [3.05, 3.63) is 46.4 Å². The van der Waals surface area contributed by atoms with E-state index in [2.05, 4.69) is 15.2 Å². The number of carbonyl (C=O) groups excluding carboxylic acids is 1. The third-order valence-corrected chi connectivity index (χ3v) is 5.59. The minimum atomic E-state index is -0.437. The summed E-state index contributed by atoms with van der Waals surface area (Å²) in [6.07, 6.45) is 2.19. The van der Waals surface area contributed by atoms with E-state index in [-0.39, 0.29) is 6.61 Å². The Morgan fingerprint density at radius 1 is 1.39 bits per heavy atom. The van der Waals surface area contributed by atoms with E-state index in [1.807, 2.05) is 37.6 Å². The molecule has 0 radical (unpaired) electrons. The van der Waals surface area contributed by atoms with Gasteiger partial charge in [0.05, 0.1) is 21.5 Å². The van der Waals surface area contributed by atoms with Crippen molar-refractivity contribution < 1.29 is 14.1 Å². The van der Waals surface area contributed by atoms with Crippen LogP contribution in [-0.2, 0) is 18.4 Å². The number of aryl methyl sites for hydroxylation is 2. The second kappa shape index (κ2) is 6.52. The first-order valence-corrected chi connectivity index (χ1v) is 9.86. The molecule has 142 valence electrons. The maximum absolute atomic E-state index is 12.9. The maximum Gasteiger partial charge on any atom is 0.339 e. The maximum atomic E-state index is 12.9. The molecule has 0 aromatic carbocycles. The van der Waals surface area contributed by atoms with Crippen LogP contribution < -0.4 is 0 Å². The Hall–Kier alpha value is -3.07. The van der Waals surface area contributed by atoms with Gasteiger partial charge in [0.15, 0.2) is 12.3 Å². The number of hydrogen-bond donors (Lipinski definition) is 0. The SMILES string of the molecule is Cc1nn(C)c2nc(C3CC3)cc(C(=O)OCc3noc(-c4cccs4)n3)c12. The Bertz CT molecular complexity index is 1170. The molecule has 0 atom stereocenters. The largest absolute Gasteiger partial charge is 0.454 e. The Morgan fingerprint density at radius 3 is 3.00 bits per heavy atom. The van der Waals surface area contributed by atoms with Gasteiger partial charge >= 0.3 is 5.97 Å². The fraction of sp³-hybridized carbons (Fsp3) is 0.316. The smallest absolute Gasteiger partial charge is 0.339 e. The van der Waals surface area contributed by atoms with Crippen LogP contribution in [0, 0.1) is 6.92 Å². The molecule has 0 saturated heterocycles. The number of ether oxygens (including phenoxy) is 1. The van der Waals surface area contributed by atoms with E-state index < -0.39 is 5.97 Å². The van der Waals surface area contributed by atoms with E-state index in [4.69, 9.17) is 14.2 Å². The highest BCUT2D eigenvalue weighted by atomic mass is 32.1. The van der Waals surface area contributed by atoms with Gasteiger partial charge in [0.1, 0.15) is 0 Å². The zero-order valence-corrected chi connectivity index (χ0v) is 16.2. The third kappa shape index (κ3) is 2.97. The van der Waals surface area contributed by atoms with E-state index in [0.29, 0.717) is 28.8 Å². The lowest BCUT2D eigenvalue weighted by molar-refractivity contribution is 0.0462. The van der Waals surface area contributed by atoms with Crippen LogP contribution in [0.2, 0.25) is 0 Å². The second-order valence-electron chi connectivity index (χ2n) is 6.85. The Morgan fingerprint density at radius 2 is 2.25 bits per heavy atom. The van der Waals surface area contributed by atoms with Gasteiger partial charge in [0.2, 0.25) is 5.82 Å². The number of nitrogens with zero attached hydrogens (tertiary/aromatic N) is 5. The Balaban J connectivity index is 1.41. The lowest BCUT2D eigenvalue weighted by Gasteiger charge is -2.07. The van der Waals surface area contributed by atoms with Crippen molar-refractivity contribution in [2.45, 2.75) is 32.3 Å². The molecular formula is C19H17N5O3S. The molecule has 1 aliphatic rings. The normalized spacial score (nSPS) is 13.9. The van der Waals surface area contributed by atoms with E-state index in [1.165, 1.54) is 11.3 Å². The van der Waals surface area contributed by atoms with Crippen LogP contribution in [0.5, 0.6) is 0 Å². The first-order valence-electron chi connectivity index (χ1n) is 8.98. The summed E-state index contributed by atoms with van der Waals surface area (Å²) in [5, 5.41) is 11.0. The summed E-state index contributed by atoms with van der Waals surface area (Å²) in [6.45, 7) is 1.81. The van der Waals surface area contributed by atoms with Gasteiger partial charge in [-0.3, -0.25) is 4.68 Å². The highest BCUT2D eigenvalue weighted by molar-refractivity contribution is 7.13. The number of carbonyl (C=O) groups is 1. The van der Waals surface area contributed by atoms with Gasteiger partial charge in [0, 0.05) is 18.7 Å². The van der Waals surface area contributed by atoms with Gasteiger partial charge in [-0.1, -0.05) is 11.2 Å². The van der Waals surface area contributed by atoms with Gasteiger partial charge in [-0.05, 0) is 37.3 Å². The zero-order valence-electron chi connectivity index (χ0n) is 15.4. The number of esters is 1. The molecule has 1 saturated carbocycles. The van der Waals surface area contributed by atoms with Crippen molar-refractivity contribution in [2.24, 2.45) is 7.05 Å². The average Bonchev–Trinajstić information content (AvgIpc) is 3.08. The molecule has 0 N–H and O–H groups in total. The molecule has 0 unspecified atom stereocenters. The van der Waals surface area contributed by atoms with E-state index >= 15 is 0 Å². The molecule has 4 aromatic rings. The topological polar surface area (TPSA) is 95.9 Å². The van der Waals surface area contributed by atoms with Crippen LogP contribution >= 0.6 is 11.3 Å². The number of aromatic nitrogens is 5. The van der Waals surface area contributed by atoms with E-state index in [9.17, 15) is 4.79 Å². The minimum Gasteiger partial charge on any atom is -0.454 e. The highest BCUT2D eigenvalue weighted by Gasteiger charge is 2.29. The Labute approximate surface area is 164 Å². The van der Waals surface area contributed by atoms with Crippen molar-refractivity contribution in [1.82, 2.24) is 24.9 Å². The number of pyridine rings is 1. The molecule has 0 bridgehead atoms. The average molecular weight is 395 g/mol. The first kappa shape index (κ1) is 17.1. The summed E-state index contributed by atoms with van der Waals surface area (Å²) in [6, 6.07) is 5.64. The molecule has 28 heavy (non-hydrogen) atoms. The summed E-state index contributed by atoms with van der Waals surface area (Å²) < 4.78 is 12.4. The van der Waals surface area contributed by atoms with Gasteiger partial charge in [-0.15, -0.1) is 11.3 Å². The van der Waals surface area contributed by atoms with Crippen molar-refractivity contribution in [2.75, 3.05) is 0 Å². The van der Waals surface area contributed by atoms with Crippen LogP contribution in [0.1, 0.15) is 46.3 Å². The predicted molar refractivity (Wildman–Crippen MR) is 102 cm³/mol. The highest BCUT2D eigenvalue weighted by Crippen LogP contribution is 2.40. The van der Waals surface area contributed by atoms with Crippen LogP contribution in [0.25, 0.3) is 21.8 Å². The van der Waals surface area contributed by atoms with Crippen LogP contribution in [-0.4, -0.2) is 30.9 Å². The summed E-state index contributed by atoms with van der Waals surface area (Å²) in [4.78, 5) is 22.7. The molecule has 4 aromatic heterocycles. The predicted octanol–water partition coefficient (Wildman–Crippen LogP) is 3.62. The molecule has 4 heterocycles. The van der Waals surface area contributed by atoms with Gasteiger partial charge < -0.3 is 9.26 Å². The number of rotatable bonds is 5. The molecule has 1 fully saturated rings. The van der Waals surface area contributed by atoms with Crippen molar-refractivity contribution in [3.8, 4) is 10.8 Å². The number of thiophene rings is 1. The molecule has 0 amide bonds. The molecule has 8 nitrogen and oxygen atoms in total. The second-order valence-corrected chi connectivity index (χ2v) is 7.79. The third-order valence-electron chi connectivity index (χ3n) is 4.74. The quantitative estimate of drug-likeness (QED) is 0.476. The van der Waals surface area contributed by atoms with Crippen molar-refractivity contribution >= 4 is 28.3 Å². The van der Waals surface area contributed by atoms with Gasteiger partial charge in [-0.25, -0.2) is 9.78 Å². The van der Waals surface area contributed by atoms with Gasteiger partial charge in [-0.2, -0.15) is 10.1 Å². The van der Waals surface area contributed by atoms with Crippen molar-refractivity contribution in [1.29, 1.82) is 0 Å². The molecule has 9 heteroatoms. The van der Waals surface area contributed by atoms with Gasteiger partial charge in [0.25, 0.3) is 5.89 Å². The monoisotopic (exact) mass is 395 g/mol. The summed E-state index contributed by atoms with van der Waals surface area (Å²) in [5.74, 6) is 0.725. The first-order chi connectivity index (χ1) is 13.6. The number of fused-ring (bicyclic) bond motifs is 1. The summed E-state index contributed by atoms with van der Waals surface area (Å²) >= 11 is 1.51. The lowest BCUT2D eigenvalue weighted by Crippen LogP contribution is -2.09. The molecule has 1 aliphatic carbocycles. The molecule has 5 rings (SSSR count). The summed E-state index contributed by atoms with van der Waals surface area (Å²) in [7, 11) is 1.83. The molecule has 0 spiro atoms. The van der Waals surface area contributed by atoms with Crippen LogP contribution in [0.3, 0.4) is 0 Å². The standard InChI is InChI=1S/C19H17N5O3S/c1-10-16-12(8-13(11-5-6-11)20-17(16)24(2)22-10)19(25)26-9-15-21-18(27-23-15)14-4-3-7-28-14/h3-4,7-8,11H,5-6,9H2,1-2H3. The lowest BCUT2D eigenvalue weighted by atomic mass is 10.1. The Kier molecular flexibility index (Phi) is 3.97. The minimum absolute atomic E-state index is 0.0599. The van der Waals surface area contributed by atoms with Crippen LogP contribution in [0.4, 0.5) is 0 Å². The van der Waals surface area contributed by atoms with Crippen LogP contribution in [0.15, 0.2) is 28.1 Å². The number of hydrogen-bond acceptors (Lipinski definition) is 8. The molecular weight excluding hydrogens is 378 g/mol. The van der Waals surface area contributed by atoms with Crippen molar-refractivity contribution in [3.63, 3.8) is 0 Å².